The van der Waals surface area contributed by atoms with Gasteiger partial charge in [-0.15, -0.1) is 0 Å². The first-order chi connectivity index (χ1) is 13.8. The molecule has 0 spiro atoms. The Kier molecular flexibility index (Phi) is 8.07. The van der Waals surface area contributed by atoms with Gasteiger partial charge in [-0.25, -0.2) is 4.79 Å². The normalized spacial score (nSPS) is 22.4. The van der Waals surface area contributed by atoms with Gasteiger partial charge in [0.25, 0.3) is 0 Å². The van der Waals surface area contributed by atoms with Crippen LogP contribution >= 0.6 is 0 Å². The average Bonchev–Trinajstić information content (AvgIpc) is 2.92. The Morgan fingerprint density at radius 3 is 2.53 bits per heavy atom. The zero-order valence-corrected chi connectivity index (χ0v) is 20.7. The number of ether oxygens (including phenoxy) is 3. The summed E-state index contributed by atoms with van der Waals surface area (Å²) in [5.74, 6) is -0.987. The predicted molar refractivity (Wildman–Crippen MR) is 123 cm³/mol. The Morgan fingerprint density at radius 1 is 1.27 bits per heavy atom. The van der Waals surface area contributed by atoms with E-state index < -0.39 is 13.9 Å². The standard InChI is InChI=1S/C24H38O5Si/c1-16-13-18(3)21(23(26)27-11-12-30(6,7)8)19(14-16)10-9-17(2)22-20(15-25)28-24(4,5)29-22/h9-10,13-14,17,20,22,25H,11-12,15H2,1-8H3/b10-9+/t17?,20-,22+/m1/s1. The molecule has 0 saturated carbocycles. The molecule has 1 aromatic carbocycles. The average molecular weight is 435 g/mol. The van der Waals surface area contributed by atoms with Gasteiger partial charge in [-0.1, -0.05) is 56.4 Å². The molecule has 30 heavy (non-hydrogen) atoms. The van der Waals surface area contributed by atoms with Gasteiger partial charge in [-0.05, 0) is 44.9 Å². The number of benzene rings is 1. The summed E-state index contributed by atoms with van der Waals surface area (Å²) < 4.78 is 17.4. The van der Waals surface area contributed by atoms with E-state index in [0.717, 1.165) is 22.7 Å². The van der Waals surface area contributed by atoms with Gasteiger partial charge in [0.2, 0.25) is 0 Å². The van der Waals surface area contributed by atoms with Gasteiger partial charge in [0, 0.05) is 14.0 Å². The lowest BCUT2D eigenvalue weighted by atomic mass is 9.95. The lowest BCUT2D eigenvalue weighted by Crippen LogP contribution is -2.31. The molecule has 168 valence electrons. The summed E-state index contributed by atoms with van der Waals surface area (Å²) in [4.78, 5) is 12.8. The molecular formula is C24H38O5Si. The summed E-state index contributed by atoms with van der Waals surface area (Å²) >= 11 is 0. The molecule has 0 radical (unpaired) electrons. The van der Waals surface area contributed by atoms with E-state index >= 15 is 0 Å². The highest BCUT2D eigenvalue weighted by Crippen LogP contribution is 2.33. The molecule has 0 aliphatic carbocycles. The second-order valence-corrected chi connectivity index (χ2v) is 15.7. The summed E-state index contributed by atoms with van der Waals surface area (Å²) in [5.41, 5.74) is 3.46. The summed E-state index contributed by atoms with van der Waals surface area (Å²) in [7, 11) is -1.27. The van der Waals surface area contributed by atoms with Crippen LogP contribution in [-0.2, 0) is 14.2 Å². The highest BCUT2D eigenvalue weighted by atomic mass is 28.3. The third-order valence-electron chi connectivity index (χ3n) is 5.30. The minimum Gasteiger partial charge on any atom is -0.462 e. The maximum absolute atomic E-state index is 12.8. The van der Waals surface area contributed by atoms with Crippen LogP contribution in [0.1, 0.15) is 47.8 Å². The molecule has 1 fully saturated rings. The minimum atomic E-state index is -1.27. The molecular weight excluding hydrogens is 396 g/mol. The van der Waals surface area contributed by atoms with Crippen molar-refractivity contribution in [3.63, 3.8) is 0 Å². The van der Waals surface area contributed by atoms with Gasteiger partial charge in [-0.2, -0.15) is 0 Å². The zero-order chi connectivity index (χ0) is 22.7. The molecule has 5 nitrogen and oxygen atoms in total. The Morgan fingerprint density at radius 2 is 1.93 bits per heavy atom. The van der Waals surface area contributed by atoms with Gasteiger partial charge in [-0.3, -0.25) is 0 Å². The van der Waals surface area contributed by atoms with Crippen molar-refractivity contribution in [1.82, 2.24) is 0 Å². The van der Waals surface area contributed by atoms with Crippen LogP contribution in [0.5, 0.6) is 0 Å². The van der Waals surface area contributed by atoms with Crippen LogP contribution in [0.2, 0.25) is 25.7 Å². The Labute approximate surface area is 182 Å². The molecule has 1 aromatic rings. The first kappa shape index (κ1) is 24.8. The Balaban J connectivity index is 2.21. The van der Waals surface area contributed by atoms with Crippen LogP contribution in [-0.4, -0.2) is 50.4 Å². The van der Waals surface area contributed by atoms with Crippen molar-refractivity contribution in [1.29, 1.82) is 0 Å². The van der Waals surface area contributed by atoms with Crippen molar-refractivity contribution < 1.29 is 24.1 Å². The summed E-state index contributed by atoms with van der Waals surface area (Å²) in [5, 5.41) is 9.64. The third kappa shape index (κ3) is 6.77. The Hall–Kier alpha value is -1.47. The van der Waals surface area contributed by atoms with Gasteiger partial charge in [0.05, 0.1) is 24.9 Å². The number of hydrogen-bond acceptors (Lipinski definition) is 5. The molecule has 1 unspecified atom stereocenters. The van der Waals surface area contributed by atoms with Gasteiger partial charge in [0.15, 0.2) is 5.79 Å². The van der Waals surface area contributed by atoms with Crippen LogP contribution in [0.3, 0.4) is 0 Å². The van der Waals surface area contributed by atoms with Crippen molar-refractivity contribution in [3.05, 3.63) is 40.5 Å². The van der Waals surface area contributed by atoms with Crippen molar-refractivity contribution in [3.8, 4) is 0 Å². The van der Waals surface area contributed by atoms with Crippen molar-refractivity contribution in [2.24, 2.45) is 5.92 Å². The zero-order valence-electron chi connectivity index (χ0n) is 19.7. The van der Waals surface area contributed by atoms with E-state index in [1.807, 2.05) is 58.9 Å². The van der Waals surface area contributed by atoms with E-state index in [1.165, 1.54) is 0 Å². The SMILES string of the molecule is Cc1cc(C)c(C(=O)OCC[Si](C)(C)C)c(/C=C/C(C)[C@@H]2OC(C)(C)O[C@@H]2CO)c1. The van der Waals surface area contributed by atoms with Crippen molar-refractivity contribution in [2.45, 2.75) is 78.3 Å². The molecule has 0 amide bonds. The van der Waals surface area contributed by atoms with Gasteiger partial charge >= 0.3 is 5.97 Å². The second-order valence-electron chi connectivity index (χ2n) is 10.0. The lowest BCUT2D eigenvalue weighted by molar-refractivity contribution is -0.151. The maximum Gasteiger partial charge on any atom is 0.338 e. The quantitative estimate of drug-likeness (QED) is 0.463. The number of aliphatic hydroxyl groups excluding tert-OH is 1. The highest BCUT2D eigenvalue weighted by molar-refractivity contribution is 6.76. The van der Waals surface area contributed by atoms with Gasteiger partial charge < -0.3 is 19.3 Å². The fraction of sp³-hybridized carbons (Fsp3) is 0.625. The molecule has 0 aromatic heterocycles. The number of aryl methyl sites for hydroxylation is 2. The van der Waals surface area contributed by atoms with E-state index in [4.69, 9.17) is 14.2 Å². The fourth-order valence-electron chi connectivity index (χ4n) is 3.75. The van der Waals surface area contributed by atoms with E-state index in [0.29, 0.717) is 12.2 Å². The molecule has 0 bridgehead atoms. The number of rotatable bonds is 8. The highest BCUT2D eigenvalue weighted by Gasteiger charge is 2.42. The first-order valence-electron chi connectivity index (χ1n) is 10.8. The number of carbonyl (C=O) groups excluding carboxylic acids is 1. The summed E-state index contributed by atoms with van der Waals surface area (Å²) in [6.45, 7) is 16.9. The van der Waals surface area contributed by atoms with Gasteiger partial charge in [0.1, 0.15) is 6.10 Å². The second kappa shape index (κ2) is 9.77. The molecule has 2 rings (SSSR count). The van der Waals surface area contributed by atoms with Crippen LogP contribution < -0.4 is 0 Å². The maximum atomic E-state index is 12.8. The number of aliphatic hydroxyl groups is 1. The van der Waals surface area contributed by atoms with E-state index in [-0.39, 0.29) is 30.7 Å². The minimum absolute atomic E-state index is 0.000467. The molecule has 3 atom stereocenters. The monoisotopic (exact) mass is 434 g/mol. The topological polar surface area (TPSA) is 65.0 Å². The van der Waals surface area contributed by atoms with E-state index in [2.05, 4.69) is 19.6 Å². The van der Waals surface area contributed by atoms with Crippen molar-refractivity contribution in [2.75, 3.05) is 13.2 Å². The summed E-state index contributed by atoms with van der Waals surface area (Å²) in [6.07, 6.45) is 3.36. The van der Waals surface area contributed by atoms with E-state index in [1.54, 1.807) is 0 Å². The van der Waals surface area contributed by atoms with Crippen LogP contribution in [0.4, 0.5) is 0 Å². The molecule has 1 heterocycles. The first-order valence-corrected chi connectivity index (χ1v) is 14.5. The summed E-state index contributed by atoms with van der Waals surface area (Å²) in [6, 6.07) is 4.96. The largest absolute Gasteiger partial charge is 0.462 e. The smallest absolute Gasteiger partial charge is 0.338 e. The molecule has 6 heteroatoms. The van der Waals surface area contributed by atoms with Crippen LogP contribution in [0.15, 0.2) is 18.2 Å². The molecule has 1 aliphatic rings. The van der Waals surface area contributed by atoms with Crippen LogP contribution in [0, 0.1) is 19.8 Å². The molecule has 1 aliphatic heterocycles. The van der Waals surface area contributed by atoms with Crippen molar-refractivity contribution >= 4 is 20.1 Å². The van der Waals surface area contributed by atoms with E-state index in [9.17, 15) is 9.90 Å². The van der Waals surface area contributed by atoms with Crippen LogP contribution in [0.25, 0.3) is 6.08 Å². The predicted octanol–water partition coefficient (Wildman–Crippen LogP) is 4.96. The number of carbonyl (C=O) groups is 1. The Bertz CT molecular complexity index is 779. The lowest BCUT2D eigenvalue weighted by Gasteiger charge is -2.20. The number of esters is 1. The third-order valence-corrected chi connectivity index (χ3v) is 7.00. The fourth-order valence-corrected chi connectivity index (χ4v) is 4.46. The molecule has 1 N–H and O–H groups in total. The molecule has 1 saturated heterocycles. The number of hydrogen-bond donors (Lipinski definition) is 1.